The molecule has 1 atom stereocenters. The van der Waals surface area contributed by atoms with Gasteiger partial charge in [0.05, 0.1) is 0 Å². The van der Waals surface area contributed by atoms with E-state index in [0.717, 1.165) is 12.1 Å². The minimum Gasteiger partial charge on any atom is -0.441 e. The molecule has 2 aromatic carbocycles. The number of nitrogens with one attached hydrogen (secondary N) is 2. The molecule has 0 radical (unpaired) electrons. The van der Waals surface area contributed by atoms with Crippen LogP contribution in [-0.4, -0.2) is 16.9 Å². The molecule has 1 amide bonds. The van der Waals surface area contributed by atoms with Crippen LogP contribution in [0.1, 0.15) is 12.8 Å². The van der Waals surface area contributed by atoms with Gasteiger partial charge < -0.3 is 15.1 Å². The summed E-state index contributed by atoms with van der Waals surface area (Å²) < 4.78 is 31.5. The molecule has 1 aromatic heterocycles. The van der Waals surface area contributed by atoms with Crippen LogP contribution in [0.15, 0.2) is 40.8 Å². The van der Waals surface area contributed by atoms with Gasteiger partial charge in [-0.3, -0.25) is 4.79 Å². The molecule has 0 aliphatic heterocycles. The highest BCUT2D eigenvalue weighted by Gasteiger charge is 2.14. The fraction of sp³-hybridized carbons (Fsp3) is 0.176. The van der Waals surface area contributed by atoms with Gasteiger partial charge in [-0.2, -0.15) is 0 Å². The highest BCUT2D eigenvalue weighted by Crippen LogP contribution is 2.20. The van der Waals surface area contributed by atoms with Crippen molar-refractivity contribution in [3.8, 4) is 0 Å². The molecular formula is C17H15F2N3O2. The van der Waals surface area contributed by atoms with Crippen molar-refractivity contribution in [2.45, 2.75) is 19.9 Å². The lowest BCUT2D eigenvalue weighted by Gasteiger charge is -2.15. The number of nitrogens with zero attached hydrogens (tertiary/aromatic N) is 1. The van der Waals surface area contributed by atoms with E-state index in [1.54, 1.807) is 32.0 Å². The number of carbonyl (C=O) groups is 1. The number of hydrogen-bond donors (Lipinski definition) is 2. The Morgan fingerprint density at radius 3 is 2.62 bits per heavy atom. The predicted octanol–water partition coefficient (Wildman–Crippen LogP) is 3.85. The highest BCUT2D eigenvalue weighted by atomic mass is 19.2. The number of rotatable bonds is 4. The Labute approximate surface area is 136 Å². The average molecular weight is 331 g/mol. The third-order valence-electron chi connectivity index (χ3n) is 3.46. The zero-order chi connectivity index (χ0) is 17.3. The van der Waals surface area contributed by atoms with Gasteiger partial charge in [0.25, 0.3) is 0 Å². The largest absolute Gasteiger partial charge is 0.441 e. The first-order valence-electron chi connectivity index (χ1n) is 7.32. The number of aryl methyl sites for hydroxylation is 1. The summed E-state index contributed by atoms with van der Waals surface area (Å²) in [6, 6.07) is 7.91. The molecule has 0 fully saturated rings. The van der Waals surface area contributed by atoms with E-state index in [0.29, 0.717) is 22.7 Å². The summed E-state index contributed by atoms with van der Waals surface area (Å²) >= 11 is 0. The number of anilines is 2. The van der Waals surface area contributed by atoms with Gasteiger partial charge in [-0.05, 0) is 37.3 Å². The van der Waals surface area contributed by atoms with Crippen LogP contribution in [0, 0.1) is 18.6 Å². The molecule has 3 rings (SSSR count). The fourth-order valence-electron chi connectivity index (χ4n) is 2.27. The Kier molecular flexibility index (Phi) is 4.16. The van der Waals surface area contributed by atoms with E-state index in [1.807, 2.05) is 0 Å². The van der Waals surface area contributed by atoms with Gasteiger partial charge in [0.1, 0.15) is 11.6 Å². The van der Waals surface area contributed by atoms with Gasteiger partial charge in [0.15, 0.2) is 23.1 Å². The maximum atomic E-state index is 13.2. The van der Waals surface area contributed by atoms with E-state index in [4.69, 9.17) is 4.42 Å². The van der Waals surface area contributed by atoms with Gasteiger partial charge in [0, 0.05) is 24.4 Å². The van der Waals surface area contributed by atoms with Crippen LogP contribution in [0.5, 0.6) is 0 Å². The van der Waals surface area contributed by atoms with Crippen molar-refractivity contribution in [2.75, 3.05) is 10.6 Å². The molecule has 1 unspecified atom stereocenters. The maximum absolute atomic E-state index is 13.2. The summed E-state index contributed by atoms with van der Waals surface area (Å²) in [7, 11) is 0. The number of amides is 1. The first-order chi connectivity index (χ1) is 11.4. The number of fused-ring (bicyclic) bond motifs is 1. The predicted molar refractivity (Wildman–Crippen MR) is 86.8 cm³/mol. The van der Waals surface area contributed by atoms with Crippen LogP contribution in [-0.2, 0) is 4.79 Å². The summed E-state index contributed by atoms with van der Waals surface area (Å²) in [5, 5.41) is 5.56. The summed E-state index contributed by atoms with van der Waals surface area (Å²) in [4.78, 5) is 16.4. The van der Waals surface area contributed by atoms with Gasteiger partial charge >= 0.3 is 0 Å². The highest BCUT2D eigenvalue weighted by molar-refractivity contribution is 5.96. The molecule has 7 heteroatoms. The van der Waals surface area contributed by atoms with E-state index in [9.17, 15) is 13.6 Å². The number of hydrogen-bond acceptors (Lipinski definition) is 4. The Balaban J connectivity index is 1.69. The molecule has 0 saturated heterocycles. The van der Waals surface area contributed by atoms with E-state index in [1.165, 1.54) is 6.07 Å². The fourth-order valence-corrected chi connectivity index (χ4v) is 2.27. The van der Waals surface area contributed by atoms with Crippen LogP contribution in [0.3, 0.4) is 0 Å². The van der Waals surface area contributed by atoms with Crippen LogP contribution >= 0.6 is 0 Å². The standard InChI is InChI=1S/C17H15F2N3O2/c1-9(17(23)22-11-3-5-13(18)14(19)7-11)20-12-4-6-16-15(8-12)21-10(2)24-16/h3-9,20H,1-2H3,(H,22,23). The number of halogens is 2. The molecule has 2 N–H and O–H groups in total. The average Bonchev–Trinajstić information content (AvgIpc) is 2.90. The molecule has 3 aromatic rings. The Morgan fingerprint density at radius 2 is 1.88 bits per heavy atom. The third kappa shape index (κ3) is 3.34. The number of oxazole rings is 1. The van der Waals surface area contributed by atoms with Gasteiger partial charge in [-0.25, -0.2) is 13.8 Å². The summed E-state index contributed by atoms with van der Waals surface area (Å²) in [5.74, 6) is -1.79. The molecular weight excluding hydrogens is 316 g/mol. The minimum absolute atomic E-state index is 0.190. The smallest absolute Gasteiger partial charge is 0.246 e. The zero-order valence-electron chi connectivity index (χ0n) is 13.1. The quantitative estimate of drug-likeness (QED) is 0.762. The zero-order valence-corrected chi connectivity index (χ0v) is 13.1. The SMILES string of the molecule is Cc1nc2cc(NC(C)C(=O)Nc3ccc(F)c(F)c3)ccc2o1. The molecule has 5 nitrogen and oxygen atoms in total. The lowest BCUT2D eigenvalue weighted by atomic mass is 10.2. The lowest BCUT2D eigenvalue weighted by Crippen LogP contribution is -2.31. The first kappa shape index (κ1) is 15.9. The number of carbonyl (C=O) groups excluding carboxylic acids is 1. The van der Waals surface area contributed by atoms with E-state index >= 15 is 0 Å². The van der Waals surface area contributed by atoms with E-state index in [2.05, 4.69) is 15.6 Å². The monoisotopic (exact) mass is 331 g/mol. The van der Waals surface area contributed by atoms with Gasteiger partial charge in [-0.15, -0.1) is 0 Å². The van der Waals surface area contributed by atoms with Crippen molar-refractivity contribution in [1.82, 2.24) is 4.98 Å². The summed E-state index contributed by atoms with van der Waals surface area (Å²) in [6.07, 6.45) is 0. The van der Waals surface area contributed by atoms with Crippen molar-refractivity contribution in [3.05, 3.63) is 53.9 Å². The van der Waals surface area contributed by atoms with Crippen LogP contribution in [0.4, 0.5) is 20.2 Å². The van der Waals surface area contributed by atoms with Crippen molar-refractivity contribution < 1.29 is 18.0 Å². The van der Waals surface area contributed by atoms with Gasteiger partial charge in [0.2, 0.25) is 5.91 Å². The van der Waals surface area contributed by atoms with Crippen molar-refractivity contribution in [2.24, 2.45) is 0 Å². The van der Waals surface area contributed by atoms with E-state index < -0.39 is 17.7 Å². The summed E-state index contributed by atoms with van der Waals surface area (Å²) in [5.41, 5.74) is 2.24. The van der Waals surface area contributed by atoms with Crippen molar-refractivity contribution >= 4 is 28.4 Å². The molecule has 0 aliphatic carbocycles. The second-order valence-electron chi connectivity index (χ2n) is 5.40. The third-order valence-corrected chi connectivity index (χ3v) is 3.46. The van der Waals surface area contributed by atoms with E-state index in [-0.39, 0.29) is 11.6 Å². The van der Waals surface area contributed by atoms with Crippen molar-refractivity contribution in [3.63, 3.8) is 0 Å². The molecule has 0 saturated carbocycles. The molecule has 0 spiro atoms. The molecule has 24 heavy (non-hydrogen) atoms. The number of aromatic nitrogens is 1. The minimum atomic E-state index is -1.01. The Hall–Kier alpha value is -2.96. The second kappa shape index (κ2) is 6.27. The second-order valence-corrected chi connectivity index (χ2v) is 5.40. The van der Waals surface area contributed by atoms with Crippen LogP contribution in [0.2, 0.25) is 0 Å². The molecule has 1 heterocycles. The maximum Gasteiger partial charge on any atom is 0.246 e. The number of benzene rings is 2. The van der Waals surface area contributed by atoms with Crippen LogP contribution < -0.4 is 10.6 Å². The molecule has 0 aliphatic rings. The summed E-state index contributed by atoms with van der Waals surface area (Å²) in [6.45, 7) is 3.42. The topological polar surface area (TPSA) is 67.2 Å². The normalized spacial score (nSPS) is 12.2. The molecule has 0 bridgehead atoms. The van der Waals surface area contributed by atoms with Crippen LogP contribution in [0.25, 0.3) is 11.1 Å². The molecule has 124 valence electrons. The van der Waals surface area contributed by atoms with Gasteiger partial charge in [-0.1, -0.05) is 0 Å². The first-order valence-corrected chi connectivity index (χ1v) is 7.32. The Morgan fingerprint density at radius 1 is 1.12 bits per heavy atom. The van der Waals surface area contributed by atoms with Crippen molar-refractivity contribution in [1.29, 1.82) is 0 Å². The lowest BCUT2D eigenvalue weighted by molar-refractivity contribution is -0.116. The Bertz CT molecular complexity index is 908.